The summed E-state index contributed by atoms with van der Waals surface area (Å²) >= 11 is 0. The van der Waals surface area contributed by atoms with Gasteiger partial charge in [0.1, 0.15) is 18.3 Å². The van der Waals surface area contributed by atoms with E-state index in [0.29, 0.717) is 17.6 Å². The molecule has 0 saturated carbocycles. The van der Waals surface area contributed by atoms with Gasteiger partial charge in [-0.05, 0) is 37.0 Å². The zero-order chi connectivity index (χ0) is 31.0. The Morgan fingerprint density at radius 2 is 1.39 bits per heavy atom. The van der Waals surface area contributed by atoms with Crippen LogP contribution in [-0.4, -0.2) is 62.0 Å². The van der Waals surface area contributed by atoms with E-state index < -0.39 is 19.5 Å². The first kappa shape index (κ1) is 31.5. The van der Waals surface area contributed by atoms with E-state index in [1.165, 1.54) is 0 Å². The summed E-state index contributed by atoms with van der Waals surface area (Å²) in [4.78, 5) is 34.7. The van der Waals surface area contributed by atoms with Crippen molar-refractivity contribution in [3.05, 3.63) is 120 Å². The minimum absolute atomic E-state index is 0.0990. The Bertz CT molecular complexity index is 1560. The van der Waals surface area contributed by atoms with E-state index in [2.05, 4.69) is 65.1 Å². The maximum Gasteiger partial charge on any atom is 0.350 e. The van der Waals surface area contributed by atoms with E-state index in [1.807, 2.05) is 59.2 Å². The third kappa shape index (κ3) is 6.90. The highest BCUT2D eigenvalue weighted by molar-refractivity contribution is 7.51. The van der Waals surface area contributed by atoms with Gasteiger partial charge in [-0.15, -0.1) is 0 Å². The van der Waals surface area contributed by atoms with Gasteiger partial charge >= 0.3 is 7.60 Å². The standard InChI is InChI=1S/C33H38N5O5P/c1-3-37(4-2)31-30-32(35-23-34-31)38(24-36-30)29(20-21-42-25-44(39,40)41)22-43-33(26-14-8-5-9-15-26,27-16-10-6-11-17-27)28-18-12-7-13-19-28/h5-19,23-24,29H,3-4,20-22,25H2,1-2H3,(H2,39,40,41). The SMILES string of the molecule is CCN(CC)c1ncnc2c1ncn2C(CCOCP(=O)(O)O)COC(c1ccccc1)(c1ccccc1)c1ccccc1. The van der Waals surface area contributed by atoms with Crippen LogP contribution in [0.25, 0.3) is 11.2 Å². The van der Waals surface area contributed by atoms with Gasteiger partial charge in [0.15, 0.2) is 17.0 Å². The van der Waals surface area contributed by atoms with Crippen molar-refractivity contribution in [1.82, 2.24) is 19.5 Å². The van der Waals surface area contributed by atoms with E-state index in [1.54, 1.807) is 12.7 Å². The highest BCUT2D eigenvalue weighted by atomic mass is 31.2. The van der Waals surface area contributed by atoms with Crippen LogP contribution in [0.15, 0.2) is 104 Å². The third-order valence-electron chi connectivity index (χ3n) is 7.68. The highest BCUT2D eigenvalue weighted by Gasteiger charge is 2.38. The molecule has 230 valence electrons. The van der Waals surface area contributed by atoms with Gasteiger partial charge in [-0.1, -0.05) is 91.0 Å². The van der Waals surface area contributed by atoms with Crippen LogP contribution >= 0.6 is 7.60 Å². The number of aromatic nitrogens is 4. The van der Waals surface area contributed by atoms with Crippen molar-refractivity contribution in [2.75, 3.05) is 37.6 Å². The van der Waals surface area contributed by atoms with Crippen molar-refractivity contribution < 1.29 is 23.8 Å². The first-order valence-electron chi connectivity index (χ1n) is 14.7. The van der Waals surface area contributed by atoms with Gasteiger partial charge in [0.2, 0.25) is 0 Å². The van der Waals surface area contributed by atoms with Crippen LogP contribution in [0.1, 0.15) is 43.0 Å². The predicted octanol–water partition coefficient (Wildman–Crippen LogP) is 5.76. The Labute approximate surface area is 257 Å². The largest absolute Gasteiger partial charge is 0.369 e. The number of ether oxygens (including phenoxy) is 2. The summed E-state index contributed by atoms with van der Waals surface area (Å²) in [6, 6.07) is 30.0. The van der Waals surface area contributed by atoms with Crippen LogP contribution < -0.4 is 4.90 Å². The summed E-state index contributed by atoms with van der Waals surface area (Å²) in [6.07, 6.45) is 3.02. The maximum atomic E-state index is 11.5. The van der Waals surface area contributed by atoms with Crippen LogP contribution in [0, 0.1) is 0 Å². The Balaban J connectivity index is 1.58. The number of nitrogens with zero attached hydrogens (tertiary/aromatic N) is 5. The van der Waals surface area contributed by atoms with Gasteiger partial charge in [-0.3, -0.25) is 4.57 Å². The van der Waals surface area contributed by atoms with Crippen molar-refractivity contribution in [3.63, 3.8) is 0 Å². The molecule has 0 aliphatic carbocycles. The first-order valence-corrected chi connectivity index (χ1v) is 16.5. The fraction of sp³-hybridized carbons (Fsp3) is 0.303. The smallest absolute Gasteiger partial charge is 0.350 e. The molecule has 0 bridgehead atoms. The maximum absolute atomic E-state index is 11.5. The molecule has 2 aromatic heterocycles. The van der Waals surface area contributed by atoms with E-state index in [0.717, 1.165) is 35.6 Å². The zero-order valence-corrected chi connectivity index (χ0v) is 25.8. The molecule has 0 saturated heterocycles. The molecule has 11 heteroatoms. The van der Waals surface area contributed by atoms with Gasteiger partial charge < -0.3 is 28.7 Å². The predicted molar refractivity (Wildman–Crippen MR) is 171 cm³/mol. The Morgan fingerprint density at radius 1 is 0.841 bits per heavy atom. The molecule has 0 radical (unpaired) electrons. The van der Waals surface area contributed by atoms with E-state index >= 15 is 0 Å². The van der Waals surface area contributed by atoms with Crippen LogP contribution in [0.4, 0.5) is 5.82 Å². The summed E-state index contributed by atoms with van der Waals surface area (Å²) in [5.41, 5.74) is 3.28. The molecule has 2 N–H and O–H groups in total. The number of benzene rings is 3. The fourth-order valence-corrected chi connectivity index (χ4v) is 5.92. The van der Waals surface area contributed by atoms with Crippen molar-refractivity contribution in [1.29, 1.82) is 0 Å². The monoisotopic (exact) mass is 615 g/mol. The molecular formula is C33H38N5O5P. The molecule has 0 amide bonds. The second-order valence-electron chi connectivity index (χ2n) is 10.4. The van der Waals surface area contributed by atoms with E-state index in [4.69, 9.17) is 14.5 Å². The van der Waals surface area contributed by atoms with Crippen LogP contribution in [0.5, 0.6) is 0 Å². The molecule has 2 heterocycles. The second-order valence-corrected chi connectivity index (χ2v) is 12.0. The van der Waals surface area contributed by atoms with E-state index in [9.17, 15) is 14.4 Å². The van der Waals surface area contributed by atoms with Gasteiger partial charge in [-0.2, -0.15) is 0 Å². The molecule has 1 unspecified atom stereocenters. The third-order valence-corrected chi connectivity index (χ3v) is 8.20. The van der Waals surface area contributed by atoms with Gasteiger partial charge in [-0.25, -0.2) is 15.0 Å². The molecule has 5 rings (SSSR count). The molecule has 0 spiro atoms. The second kappa shape index (κ2) is 14.2. The Morgan fingerprint density at radius 3 is 1.89 bits per heavy atom. The summed E-state index contributed by atoms with van der Waals surface area (Å²) < 4.78 is 26.0. The lowest BCUT2D eigenvalue weighted by Crippen LogP contribution is -2.35. The molecule has 0 aliphatic rings. The lowest BCUT2D eigenvalue weighted by Gasteiger charge is -2.37. The Hall–Kier alpha value is -3.92. The molecule has 3 aromatic carbocycles. The number of anilines is 1. The topological polar surface area (TPSA) is 123 Å². The lowest BCUT2D eigenvalue weighted by molar-refractivity contribution is -0.0107. The molecule has 10 nitrogen and oxygen atoms in total. The summed E-state index contributed by atoms with van der Waals surface area (Å²) in [7, 11) is -4.31. The molecule has 5 aromatic rings. The summed E-state index contributed by atoms with van der Waals surface area (Å²) in [5, 5.41) is 0. The number of fused-ring (bicyclic) bond motifs is 1. The quantitative estimate of drug-likeness (QED) is 0.0859. The van der Waals surface area contributed by atoms with Gasteiger partial charge in [0.25, 0.3) is 0 Å². The number of hydrogen-bond donors (Lipinski definition) is 2. The normalized spacial score (nSPS) is 12.8. The highest BCUT2D eigenvalue weighted by Crippen LogP contribution is 2.41. The van der Waals surface area contributed by atoms with Gasteiger partial charge in [0.05, 0.1) is 19.0 Å². The van der Waals surface area contributed by atoms with Crippen molar-refractivity contribution in [2.24, 2.45) is 0 Å². The summed E-state index contributed by atoms with van der Waals surface area (Å²) in [5.74, 6) is 0.753. The zero-order valence-electron chi connectivity index (χ0n) is 24.9. The number of rotatable bonds is 15. The minimum Gasteiger partial charge on any atom is -0.369 e. The molecule has 44 heavy (non-hydrogen) atoms. The van der Waals surface area contributed by atoms with Gasteiger partial charge in [0, 0.05) is 19.7 Å². The van der Waals surface area contributed by atoms with Crippen molar-refractivity contribution in [3.8, 4) is 0 Å². The lowest BCUT2D eigenvalue weighted by atomic mass is 9.80. The first-order chi connectivity index (χ1) is 21.4. The summed E-state index contributed by atoms with van der Waals surface area (Å²) in [6.45, 7) is 5.99. The molecular weight excluding hydrogens is 577 g/mol. The molecule has 1 atom stereocenters. The number of imidazole rings is 1. The minimum atomic E-state index is -4.31. The van der Waals surface area contributed by atoms with Crippen LogP contribution in [0.2, 0.25) is 0 Å². The average Bonchev–Trinajstić information content (AvgIpc) is 3.49. The fourth-order valence-electron chi connectivity index (χ4n) is 5.56. The van der Waals surface area contributed by atoms with Crippen molar-refractivity contribution >= 4 is 24.6 Å². The van der Waals surface area contributed by atoms with Crippen LogP contribution in [-0.2, 0) is 19.6 Å². The Kier molecular flexibility index (Phi) is 10.2. The van der Waals surface area contributed by atoms with E-state index in [-0.39, 0.29) is 19.3 Å². The van der Waals surface area contributed by atoms with Crippen LogP contribution in [0.3, 0.4) is 0 Å². The average molecular weight is 616 g/mol. The van der Waals surface area contributed by atoms with Crippen molar-refractivity contribution in [2.45, 2.75) is 31.9 Å². The number of hydrogen-bond acceptors (Lipinski definition) is 7. The molecule has 0 fully saturated rings. The molecule has 0 aliphatic heterocycles.